The molecule has 2 nitrogen and oxygen atoms in total. The van der Waals surface area contributed by atoms with E-state index >= 15 is 0 Å². The van der Waals surface area contributed by atoms with Crippen molar-refractivity contribution in [2.75, 3.05) is 7.11 Å². The van der Waals surface area contributed by atoms with E-state index in [1.165, 1.54) is 25.0 Å². The highest BCUT2D eigenvalue weighted by Crippen LogP contribution is 2.44. The van der Waals surface area contributed by atoms with E-state index in [0.717, 1.165) is 12.8 Å². The van der Waals surface area contributed by atoms with E-state index < -0.39 is 5.60 Å². The Balaban J connectivity index is 2.19. The summed E-state index contributed by atoms with van der Waals surface area (Å²) in [4.78, 5) is 0. The summed E-state index contributed by atoms with van der Waals surface area (Å²) in [6.45, 7) is 2.19. The van der Waals surface area contributed by atoms with Gasteiger partial charge in [-0.2, -0.15) is 0 Å². The molecule has 1 aromatic rings. The van der Waals surface area contributed by atoms with E-state index in [2.05, 4.69) is 6.92 Å². The Labute approximate surface area is 114 Å². The lowest BCUT2D eigenvalue weighted by Crippen LogP contribution is -2.32. The maximum Gasteiger partial charge on any atom is 0.125 e. The predicted octanol–water partition coefficient (Wildman–Crippen LogP) is 4.01. The first-order valence-corrected chi connectivity index (χ1v) is 7.15. The highest BCUT2D eigenvalue weighted by molar-refractivity contribution is 5.38. The summed E-state index contributed by atoms with van der Waals surface area (Å²) in [5.41, 5.74) is -0.331. The average Bonchev–Trinajstić information content (AvgIpc) is 2.42. The quantitative estimate of drug-likeness (QED) is 0.892. The van der Waals surface area contributed by atoms with E-state index in [1.54, 1.807) is 13.2 Å². The second-order valence-electron chi connectivity index (χ2n) is 5.61. The molecule has 1 aliphatic rings. The van der Waals surface area contributed by atoms with Crippen LogP contribution in [0.4, 0.5) is 4.39 Å². The van der Waals surface area contributed by atoms with E-state index in [4.69, 9.17) is 4.74 Å². The molecule has 0 aliphatic heterocycles. The molecule has 2 rings (SSSR count). The number of hydrogen-bond donors (Lipinski definition) is 1. The molecule has 0 amide bonds. The second-order valence-corrected chi connectivity index (χ2v) is 5.61. The third kappa shape index (κ3) is 3.08. The Morgan fingerprint density at radius 3 is 2.63 bits per heavy atom. The summed E-state index contributed by atoms with van der Waals surface area (Å²) in [5.74, 6) is 0.961. The van der Waals surface area contributed by atoms with Gasteiger partial charge in [0.1, 0.15) is 11.6 Å². The molecular weight excluding hydrogens is 243 g/mol. The third-order valence-corrected chi connectivity index (χ3v) is 4.29. The van der Waals surface area contributed by atoms with Crippen molar-refractivity contribution in [2.45, 2.75) is 51.0 Å². The lowest BCUT2D eigenvalue weighted by molar-refractivity contribution is -0.0172. The van der Waals surface area contributed by atoms with Gasteiger partial charge in [-0.3, -0.25) is 0 Å². The summed E-state index contributed by atoms with van der Waals surface area (Å²) in [6, 6.07) is 4.38. The molecule has 0 unspecified atom stereocenters. The number of hydrogen-bond acceptors (Lipinski definition) is 2. The molecular formula is C16H23FO2. The van der Waals surface area contributed by atoms with Crippen LogP contribution >= 0.6 is 0 Å². The fraction of sp³-hybridized carbons (Fsp3) is 0.625. The van der Waals surface area contributed by atoms with Crippen molar-refractivity contribution in [3.8, 4) is 5.75 Å². The molecule has 1 aliphatic carbocycles. The molecule has 1 fully saturated rings. The van der Waals surface area contributed by atoms with Crippen LogP contribution in [0.25, 0.3) is 0 Å². The van der Waals surface area contributed by atoms with Gasteiger partial charge in [-0.25, -0.2) is 4.39 Å². The van der Waals surface area contributed by atoms with Crippen molar-refractivity contribution in [2.24, 2.45) is 5.92 Å². The van der Waals surface area contributed by atoms with Gasteiger partial charge in [0.15, 0.2) is 0 Å². The van der Waals surface area contributed by atoms with Gasteiger partial charge in [0.05, 0.1) is 12.7 Å². The molecule has 106 valence electrons. The first-order valence-electron chi connectivity index (χ1n) is 7.15. The van der Waals surface area contributed by atoms with Gasteiger partial charge in [0.25, 0.3) is 0 Å². The van der Waals surface area contributed by atoms with Gasteiger partial charge < -0.3 is 9.84 Å². The van der Waals surface area contributed by atoms with Crippen LogP contribution in [0.2, 0.25) is 0 Å². The summed E-state index contributed by atoms with van der Waals surface area (Å²) < 4.78 is 18.7. The number of halogens is 1. The molecule has 0 spiro atoms. The Morgan fingerprint density at radius 1 is 1.37 bits per heavy atom. The number of benzene rings is 1. The highest BCUT2D eigenvalue weighted by Gasteiger charge is 2.36. The van der Waals surface area contributed by atoms with Gasteiger partial charge in [-0.15, -0.1) is 0 Å². The number of rotatable bonds is 4. The third-order valence-electron chi connectivity index (χ3n) is 4.29. The second kappa shape index (κ2) is 5.91. The van der Waals surface area contributed by atoms with Crippen molar-refractivity contribution >= 4 is 0 Å². The van der Waals surface area contributed by atoms with Crippen LogP contribution in [0.15, 0.2) is 18.2 Å². The Bertz CT molecular complexity index is 423. The number of methoxy groups -OCH3 is 1. The molecule has 1 saturated carbocycles. The van der Waals surface area contributed by atoms with E-state index in [1.807, 2.05) is 0 Å². The normalized spacial score (nSPS) is 27.3. The van der Waals surface area contributed by atoms with E-state index in [9.17, 15) is 9.50 Å². The van der Waals surface area contributed by atoms with Crippen LogP contribution in [-0.4, -0.2) is 12.2 Å². The largest absolute Gasteiger partial charge is 0.496 e. The SMILES string of the molecule is CCCC1CCC(O)(c2cc(F)ccc2OC)CC1. The molecule has 0 atom stereocenters. The van der Waals surface area contributed by atoms with Gasteiger partial charge in [-0.1, -0.05) is 19.8 Å². The fourth-order valence-corrected chi connectivity index (χ4v) is 3.17. The lowest BCUT2D eigenvalue weighted by Gasteiger charge is -2.37. The molecule has 1 N–H and O–H groups in total. The molecule has 19 heavy (non-hydrogen) atoms. The van der Waals surface area contributed by atoms with Crippen LogP contribution < -0.4 is 4.74 Å². The first kappa shape index (κ1) is 14.3. The molecule has 0 aromatic heterocycles. The number of ether oxygens (including phenoxy) is 1. The van der Waals surface area contributed by atoms with Crippen molar-refractivity contribution in [3.63, 3.8) is 0 Å². The van der Waals surface area contributed by atoms with Crippen LogP contribution in [0.5, 0.6) is 5.75 Å². The Kier molecular flexibility index (Phi) is 4.46. The van der Waals surface area contributed by atoms with Crippen LogP contribution in [0.3, 0.4) is 0 Å². The zero-order chi connectivity index (χ0) is 13.9. The molecule has 0 radical (unpaired) electrons. The molecule has 0 saturated heterocycles. The summed E-state index contributed by atoms with van der Waals surface area (Å²) in [5, 5.41) is 10.8. The van der Waals surface area contributed by atoms with Gasteiger partial charge in [-0.05, 0) is 49.8 Å². The van der Waals surface area contributed by atoms with Crippen molar-refractivity contribution < 1.29 is 14.2 Å². The standard InChI is InChI=1S/C16H23FO2/c1-3-4-12-7-9-16(18,10-8-12)14-11-13(17)5-6-15(14)19-2/h5-6,11-12,18H,3-4,7-10H2,1-2H3. The smallest absolute Gasteiger partial charge is 0.125 e. The molecule has 0 heterocycles. The lowest BCUT2D eigenvalue weighted by atomic mass is 9.74. The van der Waals surface area contributed by atoms with Gasteiger partial charge in [0, 0.05) is 5.56 Å². The summed E-state index contributed by atoms with van der Waals surface area (Å²) in [6.07, 6.45) is 5.80. The maximum absolute atomic E-state index is 13.4. The zero-order valence-corrected chi connectivity index (χ0v) is 11.8. The fourth-order valence-electron chi connectivity index (χ4n) is 3.17. The Hall–Kier alpha value is -1.09. The van der Waals surface area contributed by atoms with Crippen LogP contribution in [0, 0.1) is 11.7 Å². The maximum atomic E-state index is 13.4. The van der Waals surface area contributed by atoms with Gasteiger partial charge >= 0.3 is 0 Å². The monoisotopic (exact) mass is 266 g/mol. The van der Waals surface area contributed by atoms with Crippen molar-refractivity contribution in [3.05, 3.63) is 29.6 Å². The minimum absolute atomic E-state index is 0.320. The minimum atomic E-state index is -0.933. The highest BCUT2D eigenvalue weighted by atomic mass is 19.1. The van der Waals surface area contributed by atoms with Gasteiger partial charge in [0.2, 0.25) is 0 Å². The molecule has 3 heteroatoms. The van der Waals surface area contributed by atoms with E-state index in [0.29, 0.717) is 30.1 Å². The summed E-state index contributed by atoms with van der Waals surface area (Å²) >= 11 is 0. The Morgan fingerprint density at radius 2 is 2.05 bits per heavy atom. The van der Waals surface area contributed by atoms with E-state index in [-0.39, 0.29) is 5.82 Å². The van der Waals surface area contributed by atoms with Crippen molar-refractivity contribution in [1.29, 1.82) is 0 Å². The topological polar surface area (TPSA) is 29.5 Å². The van der Waals surface area contributed by atoms with Crippen molar-refractivity contribution in [1.82, 2.24) is 0 Å². The summed E-state index contributed by atoms with van der Waals surface area (Å²) in [7, 11) is 1.56. The van der Waals surface area contributed by atoms with Crippen LogP contribution in [-0.2, 0) is 5.60 Å². The predicted molar refractivity (Wildman–Crippen MR) is 73.7 cm³/mol. The zero-order valence-electron chi connectivity index (χ0n) is 11.8. The molecule has 1 aromatic carbocycles. The average molecular weight is 266 g/mol. The van der Waals surface area contributed by atoms with Crippen LogP contribution in [0.1, 0.15) is 51.0 Å². The number of aliphatic hydroxyl groups is 1. The minimum Gasteiger partial charge on any atom is -0.496 e. The molecule has 0 bridgehead atoms. The first-order chi connectivity index (χ1) is 9.09.